The van der Waals surface area contributed by atoms with Gasteiger partial charge in [-0.1, -0.05) is 142 Å². The number of pyridine rings is 8. The number of nitrogens with zero attached hydrogens (tertiary/aromatic N) is 9. The first kappa shape index (κ1) is 61.8. The number of nitrogens with two attached hydrogens (primary N) is 1. The van der Waals surface area contributed by atoms with E-state index < -0.39 is 0 Å². The molecule has 0 amide bonds. The second-order valence-corrected chi connectivity index (χ2v) is 20.2. The highest BCUT2D eigenvalue weighted by molar-refractivity contribution is 6.30. The molecule has 0 atom stereocenters. The number of anilines is 3. The van der Waals surface area contributed by atoms with E-state index in [1.807, 2.05) is 133 Å². The fourth-order valence-corrected chi connectivity index (χ4v) is 9.45. The summed E-state index contributed by atoms with van der Waals surface area (Å²) in [5.74, 6) is 3.30. The molecule has 0 fully saturated rings. The Kier molecular flexibility index (Phi) is 22.1. The summed E-state index contributed by atoms with van der Waals surface area (Å²) in [6, 6.07) is 46.9. The van der Waals surface area contributed by atoms with Gasteiger partial charge in [-0.3, -0.25) is 14.4 Å². The number of aryl methyl sites for hydroxylation is 2. The lowest BCUT2D eigenvalue weighted by Crippen LogP contribution is -2.27. The molecule has 0 unspecified atom stereocenters. The molecule has 0 aliphatic carbocycles. The molecule has 0 aliphatic rings. The van der Waals surface area contributed by atoms with E-state index in [1.165, 1.54) is 0 Å². The minimum atomic E-state index is -0.129. The van der Waals surface area contributed by atoms with Crippen molar-refractivity contribution in [2.24, 2.45) is 14.1 Å². The van der Waals surface area contributed by atoms with Gasteiger partial charge >= 0.3 is 0 Å². The zero-order valence-corrected chi connectivity index (χ0v) is 49.9. The van der Waals surface area contributed by atoms with Crippen molar-refractivity contribution in [2.75, 3.05) is 63.5 Å². The first-order valence-electron chi connectivity index (χ1n) is 27.9. The number of nitrogen functional groups attached to an aromatic ring is 1. The molecule has 8 heterocycles. The van der Waals surface area contributed by atoms with Crippen LogP contribution in [0.15, 0.2) is 197 Å². The summed E-state index contributed by atoms with van der Waals surface area (Å²) in [6.07, 6.45) is 8.46. The van der Waals surface area contributed by atoms with Crippen LogP contribution in [0.1, 0.15) is 27.7 Å². The van der Waals surface area contributed by atoms with E-state index in [2.05, 4.69) is 72.7 Å². The third kappa shape index (κ3) is 16.7. The fourth-order valence-electron chi connectivity index (χ4n) is 9.14. The average Bonchev–Trinajstić information content (AvgIpc) is 3.62. The molecule has 0 spiro atoms. The average molecular weight is 1180 g/mol. The minimum absolute atomic E-state index is 0.0408. The van der Waals surface area contributed by atoms with Gasteiger partial charge in [0.15, 0.2) is 0 Å². The van der Waals surface area contributed by atoms with Crippen LogP contribution in [-0.4, -0.2) is 101 Å². The third-order valence-electron chi connectivity index (χ3n) is 14.0. The highest BCUT2D eigenvalue weighted by Crippen LogP contribution is 2.26. The van der Waals surface area contributed by atoms with E-state index in [4.69, 9.17) is 38.4 Å². The molecule has 0 saturated carbocycles. The molecule has 85 heavy (non-hydrogen) atoms. The van der Waals surface area contributed by atoms with Crippen molar-refractivity contribution in [3.8, 4) is 44.9 Å². The molecule has 0 bridgehead atoms. The summed E-state index contributed by atoms with van der Waals surface area (Å²) >= 11 is 11.7. The Morgan fingerprint density at radius 1 is 0.494 bits per heavy atom. The van der Waals surface area contributed by atoms with E-state index in [9.17, 15) is 14.4 Å². The number of aromatic nitrogens is 8. The highest BCUT2D eigenvalue weighted by atomic mass is 35.5. The molecule has 8 aromatic heterocycles. The summed E-state index contributed by atoms with van der Waals surface area (Å²) in [4.78, 5) is 65.8. The third-order valence-corrected chi connectivity index (χ3v) is 14.4. The first-order valence-corrected chi connectivity index (χ1v) is 28.7. The maximum atomic E-state index is 13.0. The van der Waals surface area contributed by atoms with Crippen molar-refractivity contribution in [1.82, 2.24) is 48.8 Å². The number of rotatable bonds is 17. The molecule has 11 rings (SSSR count). The summed E-state index contributed by atoms with van der Waals surface area (Å²) in [5, 5.41) is 6.61. The molecule has 4 N–H and O–H groups in total. The van der Waals surface area contributed by atoms with E-state index in [1.54, 1.807) is 72.4 Å². The Morgan fingerprint density at radius 3 is 1.41 bits per heavy atom. The van der Waals surface area contributed by atoms with Crippen molar-refractivity contribution in [1.29, 1.82) is 0 Å². The van der Waals surface area contributed by atoms with E-state index in [-0.39, 0.29) is 16.7 Å². The lowest BCUT2D eigenvalue weighted by molar-refractivity contribution is 0.222. The maximum absolute atomic E-state index is 13.0. The van der Waals surface area contributed by atoms with Crippen molar-refractivity contribution < 1.29 is 9.47 Å². The normalized spacial score (nSPS) is 10.9. The quantitative estimate of drug-likeness (QED) is 0.0726. The second-order valence-electron chi connectivity index (χ2n) is 19.4. The second kappa shape index (κ2) is 30.3. The number of benzene rings is 3. The molecular weight excluding hydrogens is 1110 g/mol. The van der Waals surface area contributed by atoms with Crippen molar-refractivity contribution >= 4 is 73.4 Å². The molecule has 11 aromatic rings. The van der Waals surface area contributed by atoms with Crippen LogP contribution in [0, 0.1) is 0 Å². The topological polar surface area (TPSA) is 204 Å². The summed E-state index contributed by atoms with van der Waals surface area (Å²) in [7, 11) is 3.52. The number of hydrogen-bond donors (Lipinski definition) is 3. The molecule has 0 saturated heterocycles. The predicted octanol–water partition coefficient (Wildman–Crippen LogP) is 12.3. The summed E-state index contributed by atoms with van der Waals surface area (Å²) in [5.41, 5.74) is 12.2. The number of aromatic amines is 1. The van der Waals surface area contributed by atoms with Crippen LogP contribution in [0.5, 0.6) is 11.5 Å². The Bertz CT molecular complexity index is 4130. The minimum Gasteiger partial charge on any atom is -0.491 e. The molecule has 3 aromatic carbocycles. The van der Waals surface area contributed by atoms with Crippen LogP contribution in [0.25, 0.3) is 66.1 Å². The van der Waals surface area contributed by atoms with Gasteiger partial charge < -0.3 is 44.4 Å². The number of H-pyrrole nitrogens is 1. The van der Waals surface area contributed by atoms with E-state index in [0.717, 1.165) is 94.6 Å². The Hall–Kier alpha value is -9.26. The number of hydrogen-bond acceptors (Lipinski definition) is 14. The van der Waals surface area contributed by atoms with Crippen LogP contribution in [0.4, 0.5) is 17.5 Å². The van der Waals surface area contributed by atoms with Gasteiger partial charge in [-0.15, -0.1) is 0 Å². The monoisotopic (exact) mass is 1180 g/mol. The number of likely N-dealkylation sites (N-methyl/N-ethyl adjacent to an activating group) is 2. The van der Waals surface area contributed by atoms with Gasteiger partial charge in [0.2, 0.25) is 0 Å². The summed E-state index contributed by atoms with van der Waals surface area (Å²) in [6.45, 7) is 15.9. The van der Waals surface area contributed by atoms with Gasteiger partial charge in [-0.2, -0.15) is 0 Å². The maximum Gasteiger partial charge on any atom is 0.258 e. The van der Waals surface area contributed by atoms with Gasteiger partial charge in [0.1, 0.15) is 52.5 Å². The zero-order chi connectivity index (χ0) is 60.2. The van der Waals surface area contributed by atoms with Crippen LogP contribution < -0.4 is 37.2 Å². The molecule has 19 heteroatoms. The van der Waals surface area contributed by atoms with Crippen LogP contribution in [0.2, 0.25) is 10.3 Å². The Labute approximate surface area is 503 Å². The Balaban J connectivity index is 0.000000156. The highest BCUT2D eigenvalue weighted by Gasteiger charge is 2.13. The molecule has 436 valence electrons. The van der Waals surface area contributed by atoms with Gasteiger partial charge in [-0.25, -0.2) is 24.9 Å². The van der Waals surface area contributed by atoms with E-state index in [0.29, 0.717) is 63.2 Å². The van der Waals surface area contributed by atoms with Gasteiger partial charge in [-0.05, 0) is 97.5 Å². The van der Waals surface area contributed by atoms with Crippen LogP contribution in [-0.2, 0) is 14.1 Å². The van der Waals surface area contributed by atoms with E-state index >= 15 is 0 Å². The predicted molar refractivity (Wildman–Crippen MR) is 345 cm³/mol. The molecule has 0 aliphatic heterocycles. The number of nitrogens with one attached hydrogen (secondary N) is 2. The van der Waals surface area contributed by atoms with Gasteiger partial charge in [0.05, 0.1) is 28.9 Å². The van der Waals surface area contributed by atoms with Crippen molar-refractivity contribution in [2.45, 2.75) is 27.7 Å². The van der Waals surface area contributed by atoms with Crippen LogP contribution >= 0.6 is 23.2 Å². The zero-order valence-electron chi connectivity index (χ0n) is 48.4. The SMILES string of the molecule is CCN(CC)CCOc1ccc(N)nc1.CCN(CC)CCOc1ccc(Nc2cc3c(cn2)cc(-c2ccccc2)c(=O)n3C)nc1.Cn1c(=O)c(-c2ccccc2)cc2cnc(Cl)cc21.O=c1[nH]c2cc(Cl)ncc2cc1-c1ccccc1. The summed E-state index contributed by atoms with van der Waals surface area (Å²) < 4.78 is 14.6. The van der Waals surface area contributed by atoms with Gasteiger partial charge in [0, 0.05) is 84.7 Å². The smallest absolute Gasteiger partial charge is 0.258 e. The molecule has 0 radical (unpaired) electrons. The number of ether oxygens (including phenoxy) is 2. The molecule has 17 nitrogen and oxygen atoms in total. The number of halogens is 2. The largest absolute Gasteiger partial charge is 0.491 e. The van der Waals surface area contributed by atoms with Crippen molar-refractivity contribution in [3.05, 3.63) is 224 Å². The first-order chi connectivity index (χ1) is 41.2. The lowest BCUT2D eigenvalue weighted by atomic mass is 10.1. The molecular formula is C66H68Cl2N12O5. The Morgan fingerprint density at radius 2 is 0.929 bits per heavy atom. The fraction of sp³-hybridized carbons (Fsp3) is 0.212. The van der Waals surface area contributed by atoms with Gasteiger partial charge in [0.25, 0.3) is 16.7 Å². The lowest BCUT2D eigenvalue weighted by Gasteiger charge is -2.17. The van der Waals surface area contributed by atoms with Crippen molar-refractivity contribution in [3.63, 3.8) is 0 Å². The standard InChI is InChI=1S/C26H29N5O2.C15H11ClN2O.C14H9ClN2O.C11H19N3O/c1-4-31(5-2)13-14-33-21-11-12-24(28-18-21)29-25-16-23-20(17-27-25)15-22(26(32)30(23)3)19-9-7-6-8-10-19;1-18-13-8-14(16)17-9-11(13)7-12(15(18)19)10-5-3-2-4-6-10;15-13-7-12-10(8-16-13)6-11(14(18)17-12)9-4-2-1-3-5-9;1-3-14(4-2)7-8-15-10-5-6-11(12)13-9-10/h6-12,15-18H,4-5,13-14H2,1-3H3,(H,27,28,29);2-9H,1H3;1-8H,(H,17,18);5-6,9H,3-4,7-8H2,1-2H3,(H2,12,13). The number of fused-ring (bicyclic) bond motifs is 3. The van der Waals surface area contributed by atoms with Crippen LogP contribution in [0.3, 0.4) is 0 Å².